The van der Waals surface area contributed by atoms with Crippen molar-refractivity contribution in [2.75, 3.05) is 0 Å². The molecule has 8 bridgehead atoms. The SMILES string of the molecule is NC1=c2ccc([nH]2)=Cc2ccc([nH]2)C(N)=c2ccc([nH]2)=C(c2ccccc2)c2ccc1[nH]2. The van der Waals surface area contributed by atoms with E-state index in [-0.39, 0.29) is 0 Å². The summed E-state index contributed by atoms with van der Waals surface area (Å²) < 4.78 is 0. The van der Waals surface area contributed by atoms with E-state index in [1.54, 1.807) is 0 Å². The predicted octanol–water partition coefficient (Wildman–Crippen LogP) is 0.619. The topological polar surface area (TPSA) is 115 Å². The predicted molar refractivity (Wildman–Crippen MR) is 127 cm³/mol. The molecule has 0 fully saturated rings. The highest BCUT2D eigenvalue weighted by Gasteiger charge is 2.12. The van der Waals surface area contributed by atoms with Gasteiger partial charge in [0, 0.05) is 27.7 Å². The third-order valence-electron chi connectivity index (χ3n) is 5.86. The molecule has 6 rings (SSSR count). The molecule has 5 aromatic rings. The number of H-pyrrole nitrogens is 4. The molecule has 156 valence electrons. The van der Waals surface area contributed by atoms with E-state index in [1.165, 1.54) is 0 Å². The van der Waals surface area contributed by atoms with Crippen molar-refractivity contribution in [1.82, 2.24) is 19.9 Å². The molecule has 1 aliphatic heterocycles. The van der Waals surface area contributed by atoms with Gasteiger partial charge in [-0.1, -0.05) is 30.3 Å². The smallest absolute Gasteiger partial charge is 0.0792 e. The van der Waals surface area contributed by atoms with Crippen LogP contribution in [-0.4, -0.2) is 19.9 Å². The second-order valence-corrected chi connectivity index (χ2v) is 7.94. The normalized spacial score (nSPS) is 13.3. The van der Waals surface area contributed by atoms with Crippen molar-refractivity contribution in [1.29, 1.82) is 0 Å². The van der Waals surface area contributed by atoms with Gasteiger partial charge in [-0.05, 0) is 60.2 Å². The molecule has 32 heavy (non-hydrogen) atoms. The number of aromatic nitrogens is 4. The molecule has 0 spiro atoms. The summed E-state index contributed by atoms with van der Waals surface area (Å²) in [6.45, 7) is 0. The van der Waals surface area contributed by atoms with Gasteiger partial charge in [0.15, 0.2) is 0 Å². The summed E-state index contributed by atoms with van der Waals surface area (Å²) in [6, 6.07) is 26.4. The summed E-state index contributed by atoms with van der Waals surface area (Å²) in [5.41, 5.74) is 20.1. The highest BCUT2D eigenvalue weighted by molar-refractivity contribution is 5.78. The molecule has 0 atom stereocenters. The van der Waals surface area contributed by atoms with Crippen molar-refractivity contribution in [3.8, 4) is 0 Å². The molecule has 0 saturated heterocycles. The number of nitrogens with two attached hydrogens (primary N) is 2. The Morgan fingerprint density at radius 2 is 1.16 bits per heavy atom. The lowest BCUT2D eigenvalue weighted by atomic mass is 10.0. The maximum Gasteiger partial charge on any atom is 0.0792 e. The van der Waals surface area contributed by atoms with Gasteiger partial charge in [0.05, 0.1) is 33.5 Å². The summed E-state index contributed by atoms with van der Waals surface area (Å²) in [5.74, 6) is 0. The van der Waals surface area contributed by atoms with Crippen LogP contribution >= 0.6 is 0 Å². The second-order valence-electron chi connectivity index (χ2n) is 7.94. The van der Waals surface area contributed by atoms with Crippen LogP contribution in [0.3, 0.4) is 0 Å². The van der Waals surface area contributed by atoms with Gasteiger partial charge in [-0.2, -0.15) is 0 Å². The van der Waals surface area contributed by atoms with Crippen LogP contribution in [0.25, 0.3) is 23.0 Å². The van der Waals surface area contributed by atoms with Crippen molar-refractivity contribution < 1.29 is 0 Å². The zero-order valence-electron chi connectivity index (χ0n) is 17.2. The Labute approximate surface area is 183 Å². The van der Waals surface area contributed by atoms with E-state index in [4.69, 9.17) is 11.5 Å². The quantitative estimate of drug-likeness (QED) is 0.240. The van der Waals surface area contributed by atoms with Gasteiger partial charge < -0.3 is 31.4 Å². The molecular formula is C26H22N6. The molecule has 4 aromatic heterocycles. The summed E-state index contributed by atoms with van der Waals surface area (Å²) in [7, 11) is 0. The molecule has 0 saturated carbocycles. The van der Waals surface area contributed by atoms with Gasteiger partial charge in [-0.25, -0.2) is 0 Å². The van der Waals surface area contributed by atoms with Crippen LogP contribution in [0.15, 0.2) is 78.9 Å². The number of fused-ring (bicyclic) bond motifs is 8. The zero-order valence-corrected chi connectivity index (χ0v) is 17.2. The molecule has 6 heteroatoms. The van der Waals surface area contributed by atoms with Crippen LogP contribution < -0.4 is 32.9 Å². The van der Waals surface area contributed by atoms with Crippen LogP contribution in [0.2, 0.25) is 0 Å². The fourth-order valence-electron chi connectivity index (χ4n) is 4.22. The van der Waals surface area contributed by atoms with Gasteiger partial charge >= 0.3 is 0 Å². The minimum Gasteiger partial charge on any atom is -0.395 e. The van der Waals surface area contributed by atoms with Gasteiger partial charge in [-0.15, -0.1) is 0 Å². The maximum absolute atomic E-state index is 6.52. The minimum atomic E-state index is 0.660. The third-order valence-corrected chi connectivity index (χ3v) is 5.86. The van der Waals surface area contributed by atoms with Crippen LogP contribution in [-0.2, 0) is 0 Å². The first-order valence-corrected chi connectivity index (χ1v) is 10.5. The number of rotatable bonds is 1. The Kier molecular flexibility index (Phi) is 3.98. The Bertz CT molecular complexity index is 1690. The van der Waals surface area contributed by atoms with Crippen LogP contribution in [0, 0.1) is 0 Å². The van der Waals surface area contributed by atoms with Crippen LogP contribution in [0.1, 0.15) is 28.3 Å². The van der Waals surface area contributed by atoms with Gasteiger partial charge in [-0.3, -0.25) is 0 Å². The first-order valence-electron chi connectivity index (χ1n) is 10.5. The van der Waals surface area contributed by atoms with E-state index in [1.807, 2.05) is 60.7 Å². The average Bonchev–Trinajstić information content (AvgIpc) is 3.61. The van der Waals surface area contributed by atoms with Crippen LogP contribution in [0.4, 0.5) is 0 Å². The fourth-order valence-corrected chi connectivity index (χ4v) is 4.22. The molecule has 0 aliphatic carbocycles. The van der Waals surface area contributed by atoms with Crippen LogP contribution in [0.5, 0.6) is 0 Å². The number of nitrogens with one attached hydrogen (secondary N) is 4. The standard InChI is InChI=1S/C26H22N6/c27-25-20-8-6-16(29-20)14-17-7-9-21(30-17)26(28)23-13-11-19(32-23)24(15-4-2-1-3-5-15)18-10-12-22(25)31-18/h1-14,29-32H,27-28H2. The number of hydrogen-bond acceptors (Lipinski definition) is 2. The average molecular weight is 419 g/mol. The number of hydrogen-bond donors (Lipinski definition) is 6. The van der Waals surface area contributed by atoms with E-state index in [9.17, 15) is 0 Å². The number of benzene rings is 1. The monoisotopic (exact) mass is 418 g/mol. The Morgan fingerprint density at radius 3 is 2.00 bits per heavy atom. The molecule has 0 unspecified atom stereocenters. The molecule has 6 nitrogen and oxygen atoms in total. The van der Waals surface area contributed by atoms with Crippen molar-refractivity contribution in [3.63, 3.8) is 0 Å². The van der Waals surface area contributed by atoms with E-state index in [0.717, 1.165) is 55.3 Å². The Hall–Kier alpha value is -4.58. The lowest BCUT2D eigenvalue weighted by Crippen LogP contribution is -2.20. The van der Waals surface area contributed by atoms with Crippen molar-refractivity contribution >= 4 is 23.0 Å². The van der Waals surface area contributed by atoms with E-state index in [2.05, 4.69) is 44.2 Å². The van der Waals surface area contributed by atoms with Gasteiger partial charge in [0.1, 0.15) is 0 Å². The summed E-state index contributed by atoms with van der Waals surface area (Å²) >= 11 is 0. The van der Waals surface area contributed by atoms with E-state index < -0.39 is 0 Å². The van der Waals surface area contributed by atoms with Crippen molar-refractivity contribution in [3.05, 3.63) is 129 Å². The fraction of sp³-hybridized carbons (Fsp3) is 0. The highest BCUT2D eigenvalue weighted by Crippen LogP contribution is 2.21. The lowest BCUT2D eigenvalue weighted by molar-refractivity contribution is 1.18. The van der Waals surface area contributed by atoms with Crippen molar-refractivity contribution in [2.24, 2.45) is 11.5 Å². The lowest BCUT2D eigenvalue weighted by Gasteiger charge is -2.06. The molecule has 5 heterocycles. The Morgan fingerprint density at radius 1 is 0.500 bits per heavy atom. The third kappa shape index (κ3) is 2.97. The minimum absolute atomic E-state index is 0.660. The molecule has 1 aliphatic rings. The molecule has 0 radical (unpaired) electrons. The zero-order chi connectivity index (χ0) is 21.7. The van der Waals surface area contributed by atoms with E-state index in [0.29, 0.717) is 11.4 Å². The number of aromatic amines is 4. The van der Waals surface area contributed by atoms with Gasteiger partial charge in [0.25, 0.3) is 0 Å². The molecule has 0 amide bonds. The Balaban J connectivity index is 1.73. The molecule has 1 aromatic carbocycles. The molecule has 8 N–H and O–H groups in total. The largest absolute Gasteiger partial charge is 0.395 e. The van der Waals surface area contributed by atoms with Crippen molar-refractivity contribution in [2.45, 2.75) is 0 Å². The van der Waals surface area contributed by atoms with E-state index >= 15 is 0 Å². The maximum atomic E-state index is 6.52. The summed E-state index contributed by atoms with van der Waals surface area (Å²) in [4.78, 5) is 13.8. The van der Waals surface area contributed by atoms with Gasteiger partial charge in [0.2, 0.25) is 0 Å². The summed E-state index contributed by atoms with van der Waals surface area (Å²) in [5, 5.41) is 3.63. The highest BCUT2D eigenvalue weighted by atomic mass is 14.8. The second kappa shape index (κ2) is 6.99. The first kappa shape index (κ1) is 18.2. The first-order chi connectivity index (χ1) is 15.7. The summed E-state index contributed by atoms with van der Waals surface area (Å²) in [6.07, 6.45) is 2.03. The molecular weight excluding hydrogens is 396 g/mol.